The summed E-state index contributed by atoms with van der Waals surface area (Å²) in [6.45, 7) is 16.0. The van der Waals surface area contributed by atoms with Crippen LogP contribution in [0.15, 0.2) is 6.20 Å². The lowest BCUT2D eigenvalue weighted by molar-refractivity contribution is 0.284. The van der Waals surface area contributed by atoms with Crippen LogP contribution in [0, 0.1) is 5.41 Å². The van der Waals surface area contributed by atoms with Crippen LogP contribution in [0.25, 0.3) is 0 Å². The van der Waals surface area contributed by atoms with Crippen molar-refractivity contribution in [2.45, 2.75) is 66.6 Å². The van der Waals surface area contributed by atoms with Gasteiger partial charge in [0.2, 0.25) is 0 Å². The van der Waals surface area contributed by atoms with Crippen molar-refractivity contribution in [2.24, 2.45) is 5.41 Å². The molecule has 0 saturated heterocycles. The third-order valence-corrected chi connectivity index (χ3v) is 3.12. The van der Waals surface area contributed by atoms with Gasteiger partial charge in [0.05, 0.1) is 17.4 Å². The number of hydrogen-bond acceptors (Lipinski definition) is 3. The molecule has 0 aromatic carbocycles. The van der Waals surface area contributed by atoms with E-state index in [-0.39, 0.29) is 11.0 Å². The molecule has 1 aromatic heterocycles. The first-order valence-corrected chi connectivity index (χ1v) is 6.26. The van der Waals surface area contributed by atoms with Gasteiger partial charge in [-0.25, -0.2) is 4.68 Å². The summed E-state index contributed by atoms with van der Waals surface area (Å²) in [4.78, 5) is 0. The van der Waals surface area contributed by atoms with E-state index < -0.39 is 0 Å². The summed E-state index contributed by atoms with van der Waals surface area (Å²) in [5.41, 5.74) is 1.26. The molecule has 0 spiro atoms. The normalized spacial score (nSPS) is 15.0. The lowest BCUT2D eigenvalue weighted by Gasteiger charge is -2.27. The van der Waals surface area contributed by atoms with Gasteiger partial charge >= 0.3 is 0 Å². The quantitative estimate of drug-likeness (QED) is 0.880. The Bertz CT molecular complexity index is 354. The molecule has 4 heteroatoms. The summed E-state index contributed by atoms with van der Waals surface area (Å²) in [6, 6.07) is 0.447. The standard InChI is InChI=1S/C13H26N4/c1-10(12(2,3)4)14-8-11-9-17(16-15-11)13(5,6)7/h9-10,14H,8H2,1-7H3. The van der Waals surface area contributed by atoms with Crippen molar-refractivity contribution < 1.29 is 0 Å². The second-order valence-corrected chi connectivity index (χ2v) is 6.79. The van der Waals surface area contributed by atoms with Crippen LogP contribution in [-0.2, 0) is 12.1 Å². The summed E-state index contributed by atoms with van der Waals surface area (Å²) in [5.74, 6) is 0. The summed E-state index contributed by atoms with van der Waals surface area (Å²) in [5, 5.41) is 11.8. The lowest BCUT2D eigenvalue weighted by Crippen LogP contribution is -2.37. The predicted molar refractivity (Wildman–Crippen MR) is 70.8 cm³/mol. The van der Waals surface area contributed by atoms with Gasteiger partial charge < -0.3 is 5.32 Å². The van der Waals surface area contributed by atoms with Crippen LogP contribution < -0.4 is 5.32 Å². The van der Waals surface area contributed by atoms with Crippen LogP contribution in [0.1, 0.15) is 54.2 Å². The van der Waals surface area contributed by atoms with Crippen LogP contribution in [0.2, 0.25) is 0 Å². The van der Waals surface area contributed by atoms with Crippen molar-refractivity contribution in [3.05, 3.63) is 11.9 Å². The fraction of sp³-hybridized carbons (Fsp3) is 0.846. The number of aromatic nitrogens is 3. The third kappa shape index (κ3) is 4.11. The smallest absolute Gasteiger partial charge is 0.0965 e. The Balaban J connectivity index is 2.57. The molecule has 0 aliphatic carbocycles. The van der Waals surface area contributed by atoms with E-state index in [1.807, 2.05) is 10.9 Å². The van der Waals surface area contributed by atoms with E-state index in [0.717, 1.165) is 12.2 Å². The van der Waals surface area contributed by atoms with E-state index in [2.05, 4.69) is 64.1 Å². The largest absolute Gasteiger partial charge is 0.308 e. The number of rotatable bonds is 3. The zero-order chi connectivity index (χ0) is 13.3. The topological polar surface area (TPSA) is 42.7 Å². The van der Waals surface area contributed by atoms with Crippen molar-refractivity contribution in [3.8, 4) is 0 Å². The molecule has 1 N–H and O–H groups in total. The van der Waals surface area contributed by atoms with E-state index in [1.54, 1.807) is 0 Å². The maximum atomic E-state index is 4.19. The monoisotopic (exact) mass is 238 g/mol. The van der Waals surface area contributed by atoms with E-state index in [0.29, 0.717) is 6.04 Å². The molecule has 98 valence electrons. The van der Waals surface area contributed by atoms with Gasteiger partial charge in [0.1, 0.15) is 0 Å². The number of nitrogens with one attached hydrogen (secondary N) is 1. The molecule has 17 heavy (non-hydrogen) atoms. The Morgan fingerprint density at radius 1 is 1.24 bits per heavy atom. The van der Waals surface area contributed by atoms with Crippen LogP contribution in [-0.4, -0.2) is 21.0 Å². The maximum absolute atomic E-state index is 4.19. The van der Waals surface area contributed by atoms with Gasteiger partial charge in [-0.2, -0.15) is 0 Å². The van der Waals surface area contributed by atoms with E-state index in [1.165, 1.54) is 0 Å². The first-order valence-electron chi connectivity index (χ1n) is 6.26. The Morgan fingerprint density at radius 3 is 2.24 bits per heavy atom. The summed E-state index contributed by atoms with van der Waals surface area (Å²) in [7, 11) is 0. The van der Waals surface area contributed by atoms with E-state index in [9.17, 15) is 0 Å². The minimum absolute atomic E-state index is 0.000886. The molecule has 1 heterocycles. The van der Waals surface area contributed by atoms with Crippen LogP contribution in [0.4, 0.5) is 0 Å². The third-order valence-electron chi connectivity index (χ3n) is 3.12. The average molecular weight is 238 g/mol. The van der Waals surface area contributed by atoms with Gasteiger partial charge in [0.25, 0.3) is 0 Å². The predicted octanol–water partition coefficient (Wildman–Crippen LogP) is 2.56. The minimum Gasteiger partial charge on any atom is -0.308 e. The SMILES string of the molecule is CC(NCc1cn(C(C)(C)C)nn1)C(C)(C)C. The molecular formula is C13H26N4. The van der Waals surface area contributed by atoms with Crippen LogP contribution in [0.5, 0.6) is 0 Å². The zero-order valence-electron chi connectivity index (χ0n) is 12.2. The molecule has 1 rings (SSSR count). The molecule has 0 radical (unpaired) electrons. The van der Waals surface area contributed by atoms with Gasteiger partial charge in [-0.15, -0.1) is 5.10 Å². The Morgan fingerprint density at radius 2 is 1.82 bits per heavy atom. The summed E-state index contributed by atoms with van der Waals surface area (Å²) < 4.78 is 1.91. The lowest BCUT2D eigenvalue weighted by atomic mass is 9.88. The maximum Gasteiger partial charge on any atom is 0.0965 e. The Hall–Kier alpha value is -0.900. The molecule has 0 saturated carbocycles. The molecule has 0 fully saturated rings. The highest BCUT2D eigenvalue weighted by atomic mass is 15.4. The number of hydrogen-bond donors (Lipinski definition) is 1. The highest BCUT2D eigenvalue weighted by molar-refractivity contribution is 4.95. The van der Waals surface area contributed by atoms with Gasteiger partial charge in [-0.05, 0) is 33.1 Å². The highest BCUT2D eigenvalue weighted by Gasteiger charge is 2.20. The van der Waals surface area contributed by atoms with E-state index >= 15 is 0 Å². The van der Waals surface area contributed by atoms with Crippen molar-refractivity contribution in [1.82, 2.24) is 20.3 Å². The van der Waals surface area contributed by atoms with Crippen molar-refractivity contribution >= 4 is 0 Å². The molecule has 0 aliphatic rings. The van der Waals surface area contributed by atoms with Gasteiger partial charge in [0, 0.05) is 12.6 Å². The highest BCUT2D eigenvalue weighted by Crippen LogP contribution is 2.19. The van der Waals surface area contributed by atoms with Crippen molar-refractivity contribution in [1.29, 1.82) is 0 Å². The van der Waals surface area contributed by atoms with Crippen LogP contribution in [0.3, 0.4) is 0 Å². The van der Waals surface area contributed by atoms with Gasteiger partial charge in [-0.1, -0.05) is 26.0 Å². The second-order valence-electron chi connectivity index (χ2n) is 6.79. The fourth-order valence-electron chi connectivity index (χ4n) is 1.27. The molecule has 0 bridgehead atoms. The summed E-state index contributed by atoms with van der Waals surface area (Å²) >= 11 is 0. The first kappa shape index (κ1) is 14.2. The van der Waals surface area contributed by atoms with E-state index in [4.69, 9.17) is 0 Å². The Labute approximate surface area is 105 Å². The van der Waals surface area contributed by atoms with Crippen molar-refractivity contribution in [3.63, 3.8) is 0 Å². The molecule has 4 nitrogen and oxygen atoms in total. The Kier molecular flexibility index (Phi) is 3.97. The molecule has 0 aliphatic heterocycles. The summed E-state index contributed by atoms with van der Waals surface area (Å²) in [6.07, 6.45) is 2.02. The molecule has 1 aromatic rings. The minimum atomic E-state index is 0.000886. The molecular weight excluding hydrogens is 212 g/mol. The average Bonchev–Trinajstić information content (AvgIpc) is 2.59. The molecule has 1 unspecified atom stereocenters. The molecule has 1 atom stereocenters. The van der Waals surface area contributed by atoms with Gasteiger partial charge in [0.15, 0.2) is 0 Å². The van der Waals surface area contributed by atoms with Crippen molar-refractivity contribution in [2.75, 3.05) is 0 Å². The second kappa shape index (κ2) is 4.77. The fourth-order valence-corrected chi connectivity index (χ4v) is 1.27. The molecule has 0 amide bonds. The first-order chi connectivity index (χ1) is 7.60. The number of nitrogens with zero attached hydrogens (tertiary/aromatic N) is 3. The van der Waals surface area contributed by atoms with Gasteiger partial charge in [-0.3, -0.25) is 0 Å². The zero-order valence-corrected chi connectivity index (χ0v) is 12.2. The van der Waals surface area contributed by atoms with Crippen LogP contribution >= 0.6 is 0 Å².